The van der Waals surface area contributed by atoms with Crippen LogP contribution in [0.1, 0.15) is 224 Å². The van der Waals surface area contributed by atoms with E-state index in [1.807, 2.05) is 27.7 Å². The second kappa shape index (κ2) is 59.7. The summed E-state index contributed by atoms with van der Waals surface area (Å²) in [6, 6.07) is 24.4. The van der Waals surface area contributed by atoms with Crippen LogP contribution in [0.15, 0.2) is 103 Å². The molecular weight excluding hydrogens is 1920 g/mol. The van der Waals surface area contributed by atoms with Gasteiger partial charge in [0.2, 0.25) is 17.6 Å². The molecule has 13 heterocycles. The molecule has 140 heavy (non-hydrogen) atoms. The summed E-state index contributed by atoms with van der Waals surface area (Å²) in [5.41, 5.74) is 1.13. The SMILES string of the molecule is CC.CC.CC(C)N1CCC1.CC(C)N1CCCC1.CC(C)N1CCCCC1.CC(C)N1CCN(C)CC1.CC(C)N1CCN(C2CC2)CC1.CC(C)N1CCNCC1.CC(C)N1CCOCC1.CC(C)N1CCS(=O)(=O)CC1.CC(C)N1CCS(=O)CC1.O=C(Nc1nnc(-c2ccccc2)o1)c1ccc(S(F)(F)(F)(F)F)s1.O=C(Nc1nnc(-c2ccccc2)o1)c1ncc(S(F)(F)(F)(F)F)cn1. The molecule has 0 radical (unpaired) electrons. The van der Waals surface area contributed by atoms with Crippen LogP contribution >= 0.6 is 31.8 Å². The quantitative estimate of drug-likeness (QED) is 0.0675. The fraction of sp³-hybridized carbons (Fsp3) is 0.732. The van der Waals surface area contributed by atoms with Gasteiger partial charge in [-0.05, 0) is 252 Å². The monoisotopic (exact) mass is 2100 g/mol. The molecule has 0 bridgehead atoms. The number of carbonyl (C=O) groups excluding carboxylic acids is 2. The van der Waals surface area contributed by atoms with Gasteiger partial charge in [0.15, 0.2) is 14.0 Å². The van der Waals surface area contributed by atoms with Gasteiger partial charge < -0.3 is 38.5 Å². The summed E-state index contributed by atoms with van der Waals surface area (Å²) in [5, 5.41) is 21.9. The number of morpholine rings is 1. The Labute approximate surface area is 838 Å². The van der Waals surface area contributed by atoms with Crippen LogP contribution in [0.3, 0.4) is 0 Å². The highest BCUT2D eigenvalue weighted by Gasteiger charge is 2.67. The van der Waals surface area contributed by atoms with Crippen molar-refractivity contribution in [3.05, 3.63) is 95.9 Å². The minimum absolute atomic E-state index is 0.0785. The second-order valence-electron chi connectivity index (χ2n) is 38.0. The first-order chi connectivity index (χ1) is 65.5. The number of piperidine rings is 1. The van der Waals surface area contributed by atoms with Crippen molar-refractivity contribution in [1.82, 2.24) is 89.6 Å². The number of carbonyl (C=O) groups is 2. The van der Waals surface area contributed by atoms with E-state index in [0.717, 1.165) is 106 Å². The third-order valence-electron chi connectivity index (χ3n) is 24.5. The number of likely N-dealkylation sites (N-methyl/N-ethyl adjacent to an activating group) is 1. The maximum atomic E-state index is 12.7. The molecule has 16 rings (SSSR count). The Balaban J connectivity index is 0.000000330. The van der Waals surface area contributed by atoms with Crippen molar-refractivity contribution in [2.45, 2.75) is 273 Å². The predicted octanol–water partition coefficient (Wildman–Crippen LogP) is 20.1. The van der Waals surface area contributed by atoms with E-state index in [9.17, 15) is 61.1 Å². The molecule has 9 saturated heterocycles. The van der Waals surface area contributed by atoms with Crippen molar-refractivity contribution >= 4 is 76.3 Å². The van der Waals surface area contributed by atoms with Gasteiger partial charge in [-0.25, -0.2) is 18.4 Å². The fourth-order valence-corrected chi connectivity index (χ4v) is 19.9. The number of aromatic nitrogens is 6. The first kappa shape index (κ1) is 126. The van der Waals surface area contributed by atoms with Crippen LogP contribution < -0.4 is 16.0 Å². The summed E-state index contributed by atoms with van der Waals surface area (Å²) in [6.45, 7) is 78.7. The lowest BCUT2D eigenvalue weighted by Crippen LogP contribution is -2.49. The molecule has 10 aliphatic rings. The lowest BCUT2D eigenvalue weighted by atomic mass is 10.1. The highest BCUT2D eigenvalue weighted by atomic mass is 32.5. The third kappa shape index (κ3) is 49.9. The van der Waals surface area contributed by atoms with Crippen molar-refractivity contribution in [1.29, 1.82) is 0 Å². The molecule has 1 aliphatic carbocycles. The van der Waals surface area contributed by atoms with E-state index in [0.29, 0.717) is 59.9 Å². The lowest BCUT2D eigenvalue weighted by Gasteiger charge is -2.39. The van der Waals surface area contributed by atoms with E-state index >= 15 is 0 Å². The van der Waals surface area contributed by atoms with Gasteiger partial charge in [-0.3, -0.25) is 58.7 Å². The second-order valence-corrected chi connectivity index (χ2v) is 48.1. The van der Waals surface area contributed by atoms with E-state index in [-0.39, 0.29) is 53.6 Å². The molecule has 10 fully saturated rings. The molecule has 0 atom stereocenters. The average molecular weight is 2100 g/mol. The number of sulfone groups is 1. The van der Waals surface area contributed by atoms with Crippen LogP contribution in [0.4, 0.5) is 50.9 Å². The average Bonchev–Trinajstić information content (AvgIpc) is 0.758. The minimum atomic E-state index is -9.90. The number of likely N-dealkylation sites (tertiary alicyclic amines) is 3. The van der Waals surface area contributed by atoms with E-state index < -0.39 is 72.7 Å². The number of amides is 2. The molecular formula is C97H172F10N20O8S5. The number of piperazine rings is 3. The first-order valence-electron chi connectivity index (χ1n) is 50.3. The largest absolute Gasteiger partial charge is 0.403 e. The van der Waals surface area contributed by atoms with E-state index in [1.54, 1.807) is 60.7 Å². The zero-order valence-corrected chi connectivity index (χ0v) is 92.0. The predicted molar refractivity (Wildman–Crippen MR) is 558 cm³/mol. The number of thiophene rings is 1. The van der Waals surface area contributed by atoms with E-state index in [1.165, 1.54) is 156 Å². The minimum Gasteiger partial charge on any atom is -0.403 e. The number of ether oxygens (including phenoxy) is 1. The molecule has 1 saturated carbocycles. The molecule has 43 heteroatoms. The number of halogens is 10. The zero-order valence-electron chi connectivity index (χ0n) is 87.9. The highest BCUT2D eigenvalue weighted by Crippen LogP contribution is 3.03. The summed E-state index contributed by atoms with van der Waals surface area (Å²) in [5.74, 6) is -0.376. The molecule has 2 amide bonds. The first-order valence-corrected chi connectivity index (χ1v) is 58.3. The molecule has 808 valence electrons. The van der Waals surface area contributed by atoms with Gasteiger partial charge in [-0.15, -0.1) is 21.5 Å². The van der Waals surface area contributed by atoms with Crippen molar-refractivity contribution in [2.75, 3.05) is 211 Å². The Morgan fingerprint density at radius 2 is 0.757 bits per heavy atom. The standard InChI is InChI=1S/C13H8F5N5O2S.C13H8F5N3O2S2.C10H20N2.C8H18N2.C8H17N.C7H16N2.C7H15NO2S.C7H15NOS.C7H15NO.C7H15N.C6H13N.2C2H6/c14-26(15,16,17,18)9-6-19-10(20-7-9)11(24)21-13-23-22-12(25-13)8-4-2-1-3-5-8;14-25(15,16,17,18)10-7-6-9(24-10)11(22)19-13-21-20-12(23-13)8-4-2-1-3-5-8;1-9(2)11-5-7-12(8-6-11)10-3-4-10;1-8(2)10-6-4-9(3)5-7-10;1-8(2)9-6-4-3-5-7-9;1-7(2)9-5-3-8-4-6-9;1-7(2)8-3-5-11(9,10)6-4-8;1-7(2)8-3-5-10(9)6-4-8;1-7(2)8-3-5-9-6-4-8;1-7(2)8-5-3-4-6-8;1-6(2)7-4-3-5-7;2*1-2/h1-7H,(H,21,23,24);1-7H,(H,19,21,22);9-10H,3-8H2,1-2H3;8H,4-7H2,1-3H3;8H,3-7H2,1-2H3;7-8H,3-6H2,1-2H3;7H,3-6H2,1-2H3;7H,3-6H2,1-2H3;7H,3-6H2,1-2H3;7H,3-6H2,1-2H3;6H,3-5H2,1-2H3;2*1-2H3. The van der Waals surface area contributed by atoms with Gasteiger partial charge in [0.25, 0.3) is 11.8 Å². The van der Waals surface area contributed by atoms with Gasteiger partial charge in [-0.2, -0.15) is 0 Å². The molecule has 0 unspecified atom stereocenters. The van der Waals surface area contributed by atoms with Gasteiger partial charge in [0.1, 0.15) is 4.90 Å². The number of nitrogens with one attached hydrogen (secondary N) is 3. The van der Waals surface area contributed by atoms with Gasteiger partial charge >= 0.3 is 32.5 Å². The Morgan fingerprint density at radius 3 is 1.09 bits per heavy atom. The van der Waals surface area contributed by atoms with Crippen LogP contribution in [0.2, 0.25) is 0 Å². The Morgan fingerprint density at radius 1 is 0.414 bits per heavy atom. The molecule has 9 aliphatic heterocycles. The van der Waals surface area contributed by atoms with Crippen LogP contribution in [0.25, 0.3) is 22.9 Å². The number of rotatable bonds is 18. The van der Waals surface area contributed by atoms with E-state index in [4.69, 9.17) is 13.6 Å². The summed E-state index contributed by atoms with van der Waals surface area (Å²) in [6.07, 6.45) is 11.1. The van der Waals surface area contributed by atoms with E-state index in [2.05, 4.69) is 232 Å². The summed E-state index contributed by atoms with van der Waals surface area (Å²) >= 11 is -0.356. The maximum Gasteiger partial charge on any atom is 0.322 e. The number of benzene rings is 2. The normalized spacial score (nSPS) is 20.1. The zero-order chi connectivity index (χ0) is 105. The van der Waals surface area contributed by atoms with Crippen LogP contribution in [0, 0.1) is 0 Å². The van der Waals surface area contributed by atoms with Crippen LogP contribution in [-0.2, 0) is 25.4 Å². The number of anilines is 2. The number of hydrogen-bond acceptors (Lipinski definition) is 27. The third-order valence-corrected chi connectivity index (χ3v) is 31.5. The summed E-state index contributed by atoms with van der Waals surface area (Å²) < 4.78 is 173. The maximum absolute atomic E-state index is 12.7. The lowest BCUT2D eigenvalue weighted by molar-refractivity contribution is 0.0238. The molecule has 28 nitrogen and oxygen atoms in total. The van der Waals surface area contributed by atoms with Crippen molar-refractivity contribution in [2.24, 2.45) is 0 Å². The van der Waals surface area contributed by atoms with Gasteiger partial charge in [0.05, 0.1) is 42.0 Å². The topological polar surface area (TPSA) is 270 Å². The molecule has 2 aromatic carbocycles. The van der Waals surface area contributed by atoms with Crippen LogP contribution in [-0.4, -0.2) is 369 Å². The smallest absolute Gasteiger partial charge is 0.322 e. The Kier molecular flexibility index (Phi) is 53.9. The summed E-state index contributed by atoms with van der Waals surface area (Å²) in [7, 11) is -20.7. The van der Waals surface area contributed by atoms with Crippen molar-refractivity contribution in [3.8, 4) is 22.9 Å². The number of nitrogens with zero attached hydrogens (tertiary/aromatic N) is 17. The van der Waals surface area contributed by atoms with Crippen molar-refractivity contribution < 1.29 is 74.6 Å². The Bertz CT molecular complexity index is 4430. The van der Waals surface area contributed by atoms with Crippen molar-refractivity contribution in [3.63, 3.8) is 0 Å². The molecule has 0 spiro atoms. The molecule has 6 aromatic rings. The molecule has 4 aromatic heterocycles. The van der Waals surface area contributed by atoms with Gasteiger partial charge in [-0.1, -0.05) is 120 Å². The molecule has 3 N–H and O–H groups in total. The number of hydrogen-bond donors (Lipinski definition) is 3. The van der Waals surface area contributed by atoms with Crippen LogP contribution in [0.5, 0.6) is 0 Å². The Hall–Kier alpha value is -5.98. The summed E-state index contributed by atoms with van der Waals surface area (Å²) in [4.78, 5) is 54.1. The fourth-order valence-electron chi connectivity index (χ4n) is 15.2. The highest BCUT2D eigenvalue weighted by molar-refractivity contribution is 8.46. The van der Waals surface area contributed by atoms with Gasteiger partial charge in [0, 0.05) is 212 Å².